The van der Waals surface area contributed by atoms with Crippen molar-refractivity contribution in [2.45, 2.75) is 12.8 Å². The van der Waals surface area contributed by atoms with Gasteiger partial charge in [-0.25, -0.2) is 4.90 Å². The summed E-state index contributed by atoms with van der Waals surface area (Å²) < 4.78 is 0.950. The monoisotopic (exact) mass is 379 g/mol. The second-order valence-electron chi connectivity index (χ2n) is 5.80. The summed E-state index contributed by atoms with van der Waals surface area (Å²) in [7, 11) is 0. The van der Waals surface area contributed by atoms with Gasteiger partial charge in [-0.1, -0.05) is 24.3 Å². The Hall–Kier alpha value is -1.17. The number of rotatable bonds is 1. The van der Waals surface area contributed by atoms with Crippen LogP contribution < -0.4 is 4.90 Å². The minimum absolute atomic E-state index is 0.00293. The van der Waals surface area contributed by atoms with Gasteiger partial charge in [-0.2, -0.15) is 0 Å². The second-order valence-corrected chi connectivity index (χ2v) is 6.97. The summed E-state index contributed by atoms with van der Waals surface area (Å²) in [6, 6.07) is 7.61. The van der Waals surface area contributed by atoms with Crippen molar-refractivity contribution in [2.75, 3.05) is 4.90 Å². The van der Waals surface area contributed by atoms with Gasteiger partial charge in [0.15, 0.2) is 0 Å². The Labute approximate surface area is 131 Å². The molecule has 20 heavy (non-hydrogen) atoms. The fourth-order valence-corrected chi connectivity index (χ4v) is 4.57. The Morgan fingerprint density at radius 2 is 1.50 bits per heavy atom. The summed E-state index contributed by atoms with van der Waals surface area (Å²) in [5, 5.41) is 0. The largest absolute Gasteiger partial charge is 0.274 e. The number of imide groups is 1. The standard InChI is InChI=1S/C16H14INO2/c17-11-3-1-2-4-12(11)18-15(19)13-9-5-6-10(8-7-9)14(13)16(18)20/h1-6,9-10,13-14H,7-8H2. The number of hydrogen-bond donors (Lipinski definition) is 0. The maximum absolute atomic E-state index is 12.8. The molecule has 0 spiro atoms. The molecule has 102 valence electrons. The van der Waals surface area contributed by atoms with Crippen LogP contribution in [0.25, 0.3) is 0 Å². The van der Waals surface area contributed by atoms with E-state index in [1.165, 1.54) is 4.90 Å². The van der Waals surface area contributed by atoms with Crippen molar-refractivity contribution in [1.82, 2.24) is 0 Å². The predicted molar refractivity (Wildman–Crippen MR) is 84.0 cm³/mol. The van der Waals surface area contributed by atoms with Crippen LogP contribution >= 0.6 is 22.6 Å². The smallest absolute Gasteiger partial charge is 0.238 e. The number of carbonyl (C=O) groups is 2. The van der Waals surface area contributed by atoms with Crippen LogP contribution in [-0.2, 0) is 9.59 Å². The van der Waals surface area contributed by atoms with Gasteiger partial charge in [-0.3, -0.25) is 9.59 Å². The summed E-state index contributed by atoms with van der Waals surface area (Å²) >= 11 is 2.19. The van der Waals surface area contributed by atoms with Crippen LogP contribution in [0.4, 0.5) is 5.69 Å². The molecule has 3 nitrogen and oxygen atoms in total. The van der Waals surface area contributed by atoms with E-state index in [-0.39, 0.29) is 35.5 Å². The molecule has 1 heterocycles. The lowest BCUT2D eigenvalue weighted by molar-refractivity contribution is -0.124. The van der Waals surface area contributed by atoms with Crippen molar-refractivity contribution in [1.29, 1.82) is 0 Å². The number of benzene rings is 1. The van der Waals surface area contributed by atoms with Crippen molar-refractivity contribution in [3.63, 3.8) is 0 Å². The second kappa shape index (κ2) is 4.41. The number of anilines is 1. The first-order chi connectivity index (χ1) is 9.68. The SMILES string of the molecule is O=C1C2C3C=CC(CC3)C2C(=O)N1c1ccccc1I. The van der Waals surface area contributed by atoms with E-state index in [4.69, 9.17) is 0 Å². The fourth-order valence-electron chi connectivity index (χ4n) is 3.94. The normalized spacial score (nSPS) is 34.8. The van der Waals surface area contributed by atoms with E-state index in [1.54, 1.807) is 0 Å². The van der Waals surface area contributed by atoms with Crippen LogP contribution in [-0.4, -0.2) is 11.8 Å². The lowest BCUT2D eigenvalue weighted by Crippen LogP contribution is -2.38. The van der Waals surface area contributed by atoms with Gasteiger partial charge in [-0.15, -0.1) is 0 Å². The first-order valence-electron chi connectivity index (χ1n) is 6.99. The summed E-state index contributed by atoms with van der Waals surface area (Å²) in [4.78, 5) is 27.0. The van der Waals surface area contributed by atoms with Crippen LogP contribution in [0.3, 0.4) is 0 Å². The Morgan fingerprint density at radius 1 is 0.950 bits per heavy atom. The van der Waals surface area contributed by atoms with Gasteiger partial charge in [0.2, 0.25) is 11.8 Å². The lowest BCUT2D eigenvalue weighted by Gasteiger charge is -2.38. The third-order valence-electron chi connectivity index (χ3n) is 4.85. The maximum atomic E-state index is 12.8. The molecule has 1 aliphatic heterocycles. The summed E-state index contributed by atoms with van der Waals surface area (Å²) in [5.74, 6) is 0.275. The predicted octanol–water partition coefficient (Wildman–Crippen LogP) is 2.99. The van der Waals surface area contributed by atoms with Gasteiger partial charge in [0.25, 0.3) is 0 Å². The summed E-state index contributed by atoms with van der Waals surface area (Å²) in [6.07, 6.45) is 6.39. The Balaban J connectivity index is 1.80. The van der Waals surface area contributed by atoms with E-state index in [0.717, 1.165) is 22.1 Å². The highest BCUT2D eigenvalue weighted by Crippen LogP contribution is 2.50. The quantitative estimate of drug-likeness (QED) is 0.428. The number of hydrogen-bond acceptors (Lipinski definition) is 2. The number of fused-ring (bicyclic) bond motifs is 1. The molecule has 5 rings (SSSR count). The van der Waals surface area contributed by atoms with E-state index in [0.29, 0.717) is 0 Å². The van der Waals surface area contributed by atoms with E-state index in [2.05, 4.69) is 34.7 Å². The van der Waals surface area contributed by atoms with Gasteiger partial charge in [0.1, 0.15) is 0 Å². The zero-order valence-electron chi connectivity index (χ0n) is 10.8. The topological polar surface area (TPSA) is 37.4 Å². The average Bonchev–Trinajstić information content (AvgIpc) is 2.75. The van der Waals surface area contributed by atoms with Crippen LogP contribution in [0.15, 0.2) is 36.4 Å². The van der Waals surface area contributed by atoms with Crippen molar-refractivity contribution in [3.8, 4) is 0 Å². The highest BCUT2D eigenvalue weighted by Gasteiger charge is 2.57. The first kappa shape index (κ1) is 12.6. The zero-order chi connectivity index (χ0) is 13.9. The van der Waals surface area contributed by atoms with Crippen LogP contribution in [0, 0.1) is 27.2 Å². The molecule has 1 aromatic rings. The Kier molecular flexibility index (Phi) is 2.77. The van der Waals surface area contributed by atoms with Crippen molar-refractivity contribution >= 4 is 40.1 Å². The molecule has 2 amide bonds. The number of amides is 2. The Morgan fingerprint density at radius 3 is 2.00 bits per heavy atom. The molecule has 1 saturated carbocycles. The summed E-state index contributed by atoms with van der Waals surface area (Å²) in [6.45, 7) is 0. The maximum Gasteiger partial charge on any atom is 0.238 e. The van der Waals surface area contributed by atoms with E-state index < -0.39 is 0 Å². The van der Waals surface area contributed by atoms with E-state index in [9.17, 15) is 9.59 Å². The summed E-state index contributed by atoms with van der Waals surface area (Å²) in [5.41, 5.74) is 0.747. The van der Waals surface area contributed by atoms with Crippen LogP contribution in [0.1, 0.15) is 12.8 Å². The molecule has 2 bridgehead atoms. The molecular weight excluding hydrogens is 365 g/mol. The number of allylic oxidation sites excluding steroid dienone is 2. The molecule has 3 aliphatic carbocycles. The zero-order valence-corrected chi connectivity index (χ0v) is 13.0. The van der Waals surface area contributed by atoms with Crippen LogP contribution in [0.2, 0.25) is 0 Å². The van der Waals surface area contributed by atoms with Gasteiger partial charge in [0.05, 0.1) is 17.5 Å². The molecule has 2 fully saturated rings. The van der Waals surface area contributed by atoms with Crippen molar-refractivity contribution in [3.05, 3.63) is 40.0 Å². The molecule has 0 N–H and O–H groups in total. The molecule has 0 radical (unpaired) electrons. The molecule has 4 unspecified atom stereocenters. The van der Waals surface area contributed by atoms with E-state index >= 15 is 0 Å². The molecule has 4 heteroatoms. The van der Waals surface area contributed by atoms with Gasteiger partial charge in [-0.05, 0) is 59.4 Å². The molecule has 4 aliphatic rings. The first-order valence-corrected chi connectivity index (χ1v) is 8.07. The highest BCUT2D eigenvalue weighted by atomic mass is 127. The number of carbonyl (C=O) groups excluding carboxylic acids is 2. The number of nitrogens with zero attached hydrogens (tertiary/aromatic N) is 1. The van der Waals surface area contributed by atoms with Crippen LogP contribution in [0.5, 0.6) is 0 Å². The molecule has 0 aromatic heterocycles. The molecule has 1 saturated heterocycles. The van der Waals surface area contributed by atoms with Crippen molar-refractivity contribution in [2.24, 2.45) is 23.7 Å². The third kappa shape index (κ3) is 1.57. The third-order valence-corrected chi connectivity index (χ3v) is 5.76. The number of para-hydroxylation sites is 1. The Bertz CT molecular complexity index is 607. The minimum Gasteiger partial charge on any atom is -0.274 e. The minimum atomic E-state index is -0.123. The average molecular weight is 379 g/mol. The molecular formula is C16H14INO2. The van der Waals surface area contributed by atoms with Gasteiger partial charge in [0, 0.05) is 3.57 Å². The molecule has 4 atom stereocenters. The highest BCUT2D eigenvalue weighted by molar-refractivity contribution is 14.1. The van der Waals surface area contributed by atoms with Gasteiger partial charge >= 0.3 is 0 Å². The number of halogens is 1. The van der Waals surface area contributed by atoms with Crippen molar-refractivity contribution < 1.29 is 9.59 Å². The molecule has 1 aromatic carbocycles. The lowest BCUT2D eigenvalue weighted by atomic mass is 9.63. The fraction of sp³-hybridized carbons (Fsp3) is 0.375. The van der Waals surface area contributed by atoms with Gasteiger partial charge < -0.3 is 0 Å². The van der Waals surface area contributed by atoms with E-state index in [1.807, 2.05) is 24.3 Å².